The molecule has 2 N–H and O–H groups in total. The van der Waals surface area contributed by atoms with Crippen molar-refractivity contribution in [3.63, 3.8) is 0 Å². The van der Waals surface area contributed by atoms with Crippen LogP contribution in [0.1, 0.15) is 26.6 Å². The van der Waals surface area contributed by atoms with Crippen molar-refractivity contribution in [3.8, 4) is 0 Å². The standard InChI is InChI=1S/C19H24N4O2S.ClH/c1-14-2-4-15(5-3-14)12-18(24)22-8-10-23(11-9-22)19(25)16-13-26-17(21-16)6-7-20;/h2-5,13H,6-12,20H2,1H3;1H. The summed E-state index contributed by atoms with van der Waals surface area (Å²) in [5.74, 6) is 0.0509. The van der Waals surface area contributed by atoms with Gasteiger partial charge in [-0.05, 0) is 19.0 Å². The largest absolute Gasteiger partial charge is 0.339 e. The highest BCUT2D eigenvalue weighted by Crippen LogP contribution is 2.14. The molecular formula is C19H25ClN4O2S. The fraction of sp³-hybridized carbons (Fsp3) is 0.421. The number of hydrogen-bond donors (Lipinski definition) is 1. The summed E-state index contributed by atoms with van der Waals surface area (Å²) in [6, 6.07) is 8.03. The van der Waals surface area contributed by atoms with E-state index in [9.17, 15) is 9.59 Å². The number of halogens is 1. The van der Waals surface area contributed by atoms with Crippen LogP contribution in [0.3, 0.4) is 0 Å². The quantitative estimate of drug-likeness (QED) is 0.819. The van der Waals surface area contributed by atoms with Crippen molar-refractivity contribution in [2.45, 2.75) is 19.8 Å². The monoisotopic (exact) mass is 408 g/mol. The normalized spacial score (nSPS) is 14.0. The van der Waals surface area contributed by atoms with Crippen LogP contribution in [0.2, 0.25) is 0 Å². The maximum absolute atomic E-state index is 12.6. The topological polar surface area (TPSA) is 79.5 Å². The molecule has 3 rings (SSSR count). The third-order valence-corrected chi connectivity index (χ3v) is 5.43. The predicted octanol–water partition coefficient (Wildman–Crippen LogP) is 1.90. The molecule has 2 amide bonds. The van der Waals surface area contributed by atoms with E-state index in [1.807, 2.05) is 36.1 Å². The Balaban J connectivity index is 0.00000261. The van der Waals surface area contributed by atoms with Crippen LogP contribution >= 0.6 is 23.7 Å². The van der Waals surface area contributed by atoms with Crippen molar-refractivity contribution in [1.82, 2.24) is 14.8 Å². The molecule has 1 aliphatic heterocycles. The van der Waals surface area contributed by atoms with Gasteiger partial charge >= 0.3 is 0 Å². The van der Waals surface area contributed by atoms with Gasteiger partial charge in [-0.15, -0.1) is 23.7 Å². The van der Waals surface area contributed by atoms with Gasteiger partial charge in [-0.3, -0.25) is 9.59 Å². The summed E-state index contributed by atoms with van der Waals surface area (Å²) in [6.45, 7) is 4.78. The number of hydrogen-bond acceptors (Lipinski definition) is 5. The van der Waals surface area contributed by atoms with Gasteiger partial charge < -0.3 is 15.5 Å². The molecule has 6 nitrogen and oxygen atoms in total. The molecule has 2 aromatic rings. The molecule has 27 heavy (non-hydrogen) atoms. The molecule has 146 valence electrons. The molecule has 0 spiro atoms. The lowest BCUT2D eigenvalue weighted by Crippen LogP contribution is -2.51. The second-order valence-corrected chi connectivity index (χ2v) is 7.44. The first-order chi connectivity index (χ1) is 12.6. The van der Waals surface area contributed by atoms with E-state index in [0.717, 1.165) is 10.6 Å². The summed E-state index contributed by atoms with van der Waals surface area (Å²) in [6.07, 6.45) is 1.10. The number of rotatable bonds is 5. The van der Waals surface area contributed by atoms with Gasteiger partial charge in [0, 0.05) is 38.0 Å². The first kappa shape index (κ1) is 21.3. The first-order valence-corrected chi connectivity index (χ1v) is 9.72. The maximum atomic E-state index is 12.6. The average Bonchev–Trinajstić information content (AvgIpc) is 3.12. The van der Waals surface area contributed by atoms with Crippen LogP contribution in [0.4, 0.5) is 0 Å². The molecule has 8 heteroatoms. The van der Waals surface area contributed by atoms with Gasteiger partial charge in [0.1, 0.15) is 5.69 Å². The Morgan fingerprint density at radius 3 is 2.37 bits per heavy atom. The van der Waals surface area contributed by atoms with Crippen LogP contribution in [-0.4, -0.2) is 59.3 Å². The first-order valence-electron chi connectivity index (χ1n) is 8.84. The summed E-state index contributed by atoms with van der Waals surface area (Å²) >= 11 is 1.47. The molecule has 0 saturated carbocycles. The Bertz CT molecular complexity index is 770. The number of nitrogens with zero attached hydrogens (tertiary/aromatic N) is 3. The van der Waals surface area contributed by atoms with Gasteiger partial charge in [-0.2, -0.15) is 0 Å². The lowest BCUT2D eigenvalue weighted by molar-refractivity contribution is -0.131. The number of amides is 2. The second-order valence-electron chi connectivity index (χ2n) is 6.50. The van der Waals surface area contributed by atoms with Gasteiger partial charge in [0.05, 0.1) is 11.4 Å². The number of piperazine rings is 1. The number of carbonyl (C=O) groups is 2. The SMILES string of the molecule is Cc1ccc(CC(=O)N2CCN(C(=O)c3csc(CCN)n3)CC2)cc1.Cl. The average molecular weight is 409 g/mol. The zero-order valence-corrected chi connectivity index (χ0v) is 17.0. The van der Waals surface area contributed by atoms with Crippen molar-refractivity contribution in [2.75, 3.05) is 32.7 Å². The summed E-state index contributed by atoms with van der Waals surface area (Å²) in [7, 11) is 0. The van der Waals surface area contributed by atoms with Crippen LogP contribution in [0.15, 0.2) is 29.6 Å². The molecule has 0 bridgehead atoms. The van der Waals surface area contributed by atoms with Crippen molar-refractivity contribution in [1.29, 1.82) is 0 Å². The van der Waals surface area contributed by atoms with Crippen LogP contribution in [0, 0.1) is 6.92 Å². The van der Waals surface area contributed by atoms with Crippen LogP contribution in [0.5, 0.6) is 0 Å². The maximum Gasteiger partial charge on any atom is 0.273 e. The van der Waals surface area contributed by atoms with E-state index in [4.69, 9.17) is 5.73 Å². The van der Waals surface area contributed by atoms with Gasteiger partial charge in [0.15, 0.2) is 0 Å². The second kappa shape index (κ2) is 9.82. The van der Waals surface area contributed by atoms with Crippen LogP contribution in [0.25, 0.3) is 0 Å². The van der Waals surface area contributed by atoms with E-state index < -0.39 is 0 Å². The molecule has 1 aromatic heterocycles. The van der Waals surface area contributed by atoms with E-state index in [2.05, 4.69) is 4.98 Å². The van der Waals surface area contributed by atoms with Gasteiger partial charge in [0.25, 0.3) is 5.91 Å². The molecule has 1 saturated heterocycles. The van der Waals surface area contributed by atoms with Crippen molar-refractivity contribution >= 4 is 35.6 Å². The van der Waals surface area contributed by atoms with E-state index >= 15 is 0 Å². The summed E-state index contributed by atoms with van der Waals surface area (Å²) < 4.78 is 0. The molecule has 0 unspecified atom stereocenters. The number of thiazole rings is 1. The minimum absolute atomic E-state index is 0. The lowest BCUT2D eigenvalue weighted by atomic mass is 10.1. The predicted molar refractivity (Wildman–Crippen MR) is 109 cm³/mol. The van der Waals surface area contributed by atoms with E-state index in [1.54, 1.807) is 10.3 Å². The Morgan fingerprint density at radius 2 is 1.74 bits per heavy atom. The van der Waals surface area contributed by atoms with Gasteiger partial charge in [-0.25, -0.2) is 4.98 Å². The highest BCUT2D eigenvalue weighted by molar-refractivity contribution is 7.09. The van der Waals surface area contributed by atoms with Gasteiger partial charge in [0.2, 0.25) is 5.91 Å². The van der Waals surface area contributed by atoms with Gasteiger partial charge in [-0.1, -0.05) is 29.8 Å². The molecule has 0 aliphatic carbocycles. The number of benzene rings is 1. The zero-order chi connectivity index (χ0) is 18.5. The molecule has 1 aromatic carbocycles. The van der Waals surface area contributed by atoms with E-state index in [1.165, 1.54) is 16.9 Å². The minimum Gasteiger partial charge on any atom is -0.339 e. The van der Waals surface area contributed by atoms with Crippen LogP contribution in [-0.2, 0) is 17.6 Å². The molecular weight excluding hydrogens is 384 g/mol. The Kier molecular flexibility index (Phi) is 7.77. The molecule has 2 heterocycles. The Hall–Kier alpha value is -1.96. The lowest BCUT2D eigenvalue weighted by Gasteiger charge is -2.34. The van der Waals surface area contributed by atoms with E-state index in [0.29, 0.717) is 51.3 Å². The number of nitrogens with two attached hydrogens (primary N) is 1. The summed E-state index contributed by atoms with van der Waals surface area (Å²) in [5, 5.41) is 2.69. The summed E-state index contributed by atoms with van der Waals surface area (Å²) in [4.78, 5) is 33.0. The van der Waals surface area contributed by atoms with Crippen molar-refractivity contribution in [2.24, 2.45) is 5.73 Å². The Morgan fingerprint density at radius 1 is 1.11 bits per heavy atom. The highest BCUT2D eigenvalue weighted by Gasteiger charge is 2.26. The molecule has 1 fully saturated rings. The van der Waals surface area contributed by atoms with Crippen LogP contribution < -0.4 is 5.73 Å². The van der Waals surface area contributed by atoms with Crippen molar-refractivity contribution in [3.05, 3.63) is 51.5 Å². The highest BCUT2D eigenvalue weighted by atomic mass is 35.5. The fourth-order valence-corrected chi connectivity index (χ4v) is 3.75. The zero-order valence-electron chi connectivity index (χ0n) is 15.4. The molecule has 0 atom stereocenters. The minimum atomic E-state index is -0.0600. The Labute approximate surface area is 169 Å². The van der Waals surface area contributed by atoms with E-state index in [-0.39, 0.29) is 24.2 Å². The third-order valence-electron chi connectivity index (χ3n) is 4.52. The van der Waals surface area contributed by atoms with Crippen molar-refractivity contribution < 1.29 is 9.59 Å². The third kappa shape index (κ3) is 5.51. The summed E-state index contributed by atoms with van der Waals surface area (Å²) in [5.41, 5.74) is 8.22. The smallest absolute Gasteiger partial charge is 0.273 e. The number of aromatic nitrogens is 1. The number of carbonyl (C=O) groups excluding carboxylic acids is 2. The molecule has 1 aliphatic rings. The fourth-order valence-electron chi connectivity index (χ4n) is 2.96. The number of aryl methyl sites for hydroxylation is 1. The molecule has 0 radical (unpaired) electrons.